The van der Waals surface area contributed by atoms with Crippen molar-refractivity contribution < 1.29 is 27.0 Å². The molecule has 0 amide bonds. The molecule has 0 saturated heterocycles. The van der Waals surface area contributed by atoms with E-state index >= 15 is 0 Å². The van der Waals surface area contributed by atoms with Gasteiger partial charge in [-0.15, -0.1) is 0 Å². The Morgan fingerprint density at radius 2 is 1.76 bits per heavy atom. The summed E-state index contributed by atoms with van der Waals surface area (Å²) in [5.41, 5.74) is 0.654. The summed E-state index contributed by atoms with van der Waals surface area (Å²) >= 11 is 0. The highest BCUT2D eigenvalue weighted by atomic mass is 32.2. The maximum Gasteiger partial charge on any atom is 0.233 e. The molecule has 3 aromatic rings. The predicted octanol–water partition coefficient (Wildman–Crippen LogP) is 4.95. The van der Waals surface area contributed by atoms with E-state index in [-0.39, 0.29) is 21.7 Å². The minimum Gasteiger partial charge on any atom is -0.494 e. The van der Waals surface area contributed by atoms with Gasteiger partial charge in [0.1, 0.15) is 19.0 Å². The van der Waals surface area contributed by atoms with Gasteiger partial charge < -0.3 is 23.9 Å². The van der Waals surface area contributed by atoms with Crippen LogP contribution in [0.25, 0.3) is 11.5 Å². The molecule has 4 rings (SSSR count). The highest BCUT2D eigenvalue weighted by Gasteiger charge is 2.30. The average molecular weight is 473 g/mol. The quantitative estimate of drug-likeness (QED) is 0.414. The number of fused-ring (bicyclic) bond motifs is 1. The van der Waals surface area contributed by atoms with Crippen molar-refractivity contribution in [1.82, 2.24) is 4.98 Å². The van der Waals surface area contributed by atoms with Gasteiger partial charge in [-0.2, -0.15) is 4.98 Å². The molecule has 1 aliphatic rings. The first-order chi connectivity index (χ1) is 16.0. The lowest BCUT2D eigenvalue weighted by atomic mass is 10.2. The van der Waals surface area contributed by atoms with Crippen LogP contribution >= 0.6 is 0 Å². The Kier molecular flexibility index (Phi) is 7.08. The Morgan fingerprint density at radius 1 is 1.00 bits per heavy atom. The van der Waals surface area contributed by atoms with E-state index in [9.17, 15) is 8.42 Å². The molecule has 1 N–H and O–H groups in total. The van der Waals surface area contributed by atoms with Crippen molar-refractivity contribution in [3.8, 4) is 28.7 Å². The lowest BCUT2D eigenvalue weighted by Gasteiger charge is -2.18. The summed E-state index contributed by atoms with van der Waals surface area (Å²) in [5.74, 6) is 1.99. The van der Waals surface area contributed by atoms with E-state index in [2.05, 4.69) is 17.2 Å². The van der Waals surface area contributed by atoms with E-state index in [1.54, 1.807) is 18.2 Å². The van der Waals surface area contributed by atoms with Crippen LogP contribution in [0.15, 0.2) is 56.8 Å². The fourth-order valence-corrected chi connectivity index (χ4v) is 4.61. The minimum absolute atomic E-state index is 0.0634. The van der Waals surface area contributed by atoms with Crippen LogP contribution in [0.1, 0.15) is 33.1 Å². The van der Waals surface area contributed by atoms with Crippen LogP contribution in [0.3, 0.4) is 0 Å². The van der Waals surface area contributed by atoms with Gasteiger partial charge in [0, 0.05) is 18.2 Å². The number of nitrogens with zero attached hydrogens (tertiary/aromatic N) is 1. The van der Waals surface area contributed by atoms with E-state index in [0.717, 1.165) is 25.0 Å². The zero-order valence-electron chi connectivity index (χ0n) is 18.8. The van der Waals surface area contributed by atoms with Crippen molar-refractivity contribution in [2.45, 2.75) is 43.0 Å². The van der Waals surface area contributed by atoms with Crippen LogP contribution in [0, 0.1) is 0 Å². The van der Waals surface area contributed by atoms with Crippen LogP contribution in [0.5, 0.6) is 17.2 Å². The summed E-state index contributed by atoms with van der Waals surface area (Å²) in [4.78, 5) is 4.44. The van der Waals surface area contributed by atoms with Gasteiger partial charge in [-0.25, -0.2) is 8.42 Å². The molecule has 0 saturated carbocycles. The third-order valence-corrected chi connectivity index (χ3v) is 6.72. The molecule has 0 atom stereocenters. The number of rotatable bonds is 10. The van der Waals surface area contributed by atoms with Crippen LogP contribution in [-0.2, 0) is 9.84 Å². The van der Waals surface area contributed by atoms with Gasteiger partial charge in [0.25, 0.3) is 0 Å². The second kappa shape index (κ2) is 10.2. The van der Waals surface area contributed by atoms with Crippen molar-refractivity contribution in [1.29, 1.82) is 0 Å². The molecule has 0 bridgehead atoms. The predicted molar refractivity (Wildman–Crippen MR) is 124 cm³/mol. The summed E-state index contributed by atoms with van der Waals surface area (Å²) < 4.78 is 49.6. The van der Waals surface area contributed by atoms with Crippen molar-refractivity contribution in [3.63, 3.8) is 0 Å². The maximum atomic E-state index is 13.5. The SMILES string of the molecule is CCCCNc1oc(-c2ccc(OCCC)cc2)nc1S(=O)(=O)c1ccc2c(c1)OCCO2. The monoisotopic (exact) mass is 472 g/mol. The molecule has 0 aliphatic carbocycles. The van der Waals surface area contributed by atoms with Gasteiger partial charge in [-0.3, -0.25) is 0 Å². The van der Waals surface area contributed by atoms with Crippen LogP contribution in [0.2, 0.25) is 0 Å². The zero-order valence-corrected chi connectivity index (χ0v) is 19.6. The van der Waals surface area contributed by atoms with Gasteiger partial charge in [-0.1, -0.05) is 20.3 Å². The Hall–Kier alpha value is -3.20. The topological polar surface area (TPSA) is 99.9 Å². The molecule has 176 valence electrons. The fraction of sp³-hybridized carbons (Fsp3) is 0.375. The molecular weight excluding hydrogens is 444 g/mol. The van der Waals surface area contributed by atoms with Crippen molar-refractivity contribution >= 4 is 15.7 Å². The second-order valence-corrected chi connectivity index (χ2v) is 9.48. The molecule has 2 aromatic carbocycles. The molecule has 1 aliphatic heterocycles. The number of sulfone groups is 1. The smallest absolute Gasteiger partial charge is 0.233 e. The summed E-state index contributed by atoms with van der Waals surface area (Å²) in [6.07, 6.45) is 2.73. The summed E-state index contributed by atoms with van der Waals surface area (Å²) in [5, 5.41) is 2.94. The number of benzene rings is 2. The lowest BCUT2D eigenvalue weighted by Crippen LogP contribution is -2.16. The Labute approximate surface area is 193 Å². The minimum atomic E-state index is -3.98. The molecule has 0 spiro atoms. The first-order valence-corrected chi connectivity index (χ1v) is 12.6. The van der Waals surface area contributed by atoms with Crippen LogP contribution < -0.4 is 19.5 Å². The molecule has 8 nitrogen and oxygen atoms in total. The molecule has 2 heterocycles. The summed E-state index contributed by atoms with van der Waals surface area (Å²) in [7, 11) is -3.98. The zero-order chi connectivity index (χ0) is 23.3. The third-order valence-electron chi connectivity index (χ3n) is 5.06. The molecule has 0 fully saturated rings. The number of ether oxygens (including phenoxy) is 3. The third kappa shape index (κ3) is 5.08. The molecule has 1 aromatic heterocycles. The van der Waals surface area contributed by atoms with Gasteiger partial charge in [0.05, 0.1) is 11.5 Å². The van der Waals surface area contributed by atoms with Crippen molar-refractivity contribution in [2.75, 3.05) is 31.7 Å². The maximum absolute atomic E-state index is 13.5. The van der Waals surface area contributed by atoms with Gasteiger partial charge >= 0.3 is 0 Å². The van der Waals surface area contributed by atoms with Crippen molar-refractivity contribution in [2.24, 2.45) is 0 Å². The largest absolute Gasteiger partial charge is 0.494 e. The number of anilines is 1. The lowest BCUT2D eigenvalue weighted by molar-refractivity contribution is 0.171. The Balaban J connectivity index is 1.69. The summed E-state index contributed by atoms with van der Waals surface area (Å²) in [6, 6.07) is 11.8. The number of hydrogen-bond donors (Lipinski definition) is 1. The fourth-order valence-electron chi connectivity index (χ4n) is 3.32. The second-order valence-electron chi connectivity index (χ2n) is 7.62. The molecule has 9 heteroatoms. The highest BCUT2D eigenvalue weighted by Crippen LogP contribution is 2.37. The molecular formula is C24H28N2O6S. The number of aromatic nitrogens is 1. The number of nitrogens with one attached hydrogen (secondary N) is 1. The van der Waals surface area contributed by atoms with Crippen molar-refractivity contribution in [3.05, 3.63) is 42.5 Å². The normalized spacial score (nSPS) is 13.0. The molecule has 0 unspecified atom stereocenters. The standard InChI is InChI=1S/C24H28N2O6S/c1-3-5-12-25-23-24(26-22(32-23)17-6-8-18(9-7-17)29-13-4-2)33(27,28)19-10-11-20-21(16-19)31-15-14-30-20/h6-11,16,25H,3-5,12-15H2,1-2H3. The van der Waals surface area contributed by atoms with E-state index in [1.807, 2.05) is 19.1 Å². The Bertz CT molecular complexity index is 1190. The van der Waals surface area contributed by atoms with Crippen LogP contribution in [0.4, 0.5) is 5.88 Å². The highest BCUT2D eigenvalue weighted by molar-refractivity contribution is 7.91. The first-order valence-electron chi connectivity index (χ1n) is 11.2. The van der Waals surface area contributed by atoms with E-state index < -0.39 is 9.84 Å². The molecule has 0 radical (unpaired) electrons. The number of unbranched alkanes of at least 4 members (excludes halogenated alkanes) is 1. The van der Waals surface area contributed by atoms with E-state index in [4.69, 9.17) is 18.6 Å². The summed E-state index contributed by atoms with van der Waals surface area (Å²) in [6.45, 7) is 6.09. The number of oxazole rings is 1. The van der Waals surface area contributed by atoms with E-state index in [0.29, 0.717) is 43.4 Å². The average Bonchev–Trinajstić information content (AvgIpc) is 3.28. The first kappa shape index (κ1) is 23.0. The molecule has 33 heavy (non-hydrogen) atoms. The number of hydrogen-bond acceptors (Lipinski definition) is 8. The van der Waals surface area contributed by atoms with Gasteiger partial charge in [-0.05, 0) is 49.2 Å². The van der Waals surface area contributed by atoms with E-state index in [1.165, 1.54) is 12.1 Å². The van der Waals surface area contributed by atoms with Gasteiger partial charge in [0.15, 0.2) is 11.5 Å². The van der Waals surface area contributed by atoms with Gasteiger partial charge in [0.2, 0.25) is 26.6 Å². The Morgan fingerprint density at radius 3 is 2.48 bits per heavy atom. The van der Waals surface area contributed by atoms with Crippen LogP contribution in [-0.4, -0.2) is 39.8 Å².